The van der Waals surface area contributed by atoms with Gasteiger partial charge in [0.1, 0.15) is 30.2 Å². The van der Waals surface area contributed by atoms with Gasteiger partial charge in [-0.05, 0) is 32.1 Å². The molecule has 5 N–H and O–H groups in total. The molecule has 1 heterocycles. The van der Waals surface area contributed by atoms with Crippen LogP contribution in [-0.4, -0.2) is 80.7 Å². The maximum absolute atomic E-state index is 12.0. The number of carbonyl (C=O) groups is 2. The van der Waals surface area contributed by atoms with Crippen LogP contribution in [0.3, 0.4) is 0 Å². The molecule has 156 valence electrons. The molecule has 2 rings (SSSR count). The number of carboxylic acid groups (broad SMARTS) is 1. The zero-order valence-electron chi connectivity index (χ0n) is 15.4. The highest BCUT2D eigenvalue weighted by atomic mass is 16.7. The third-order valence-electron chi connectivity index (χ3n) is 5.52. The molecule has 0 bridgehead atoms. The molecular weight excluding hydrogens is 360 g/mol. The first-order valence-corrected chi connectivity index (χ1v) is 9.45. The van der Waals surface area contributed by atoms with Gasteiger partial charge in [-0.25, -0.2) is 0 Å². The fourth-order valence-corrected chi connectivity index (χ4v) is 3.94. The Kier molecular flexibility index (Phi) is 8.14. The molecule has 0 aromatic carbocycles. The third kappa shape index (κ3) is 5.69. The van der Waals surface area contributed by atoms with Gasteiger partial charge in [0.2, 0.25) is 0 Å². The maximum atomic E-state index is 12.0. The minimum atomic E-state index is -1.49. The minimum absolute atomic E-state index is 0.00727. The summed E-state index contributed by atoms with van der Waals surface area (Å²) in [5, 5.41) is 47.7. The van der Waals surface area contributed by atoms with E-state index in [4.69, 9.17) is 14.6 Å². The van der Waals surface area contributed by atoms with Crippen molar-refractivity contribution in [3.05, 3.63) is 0 Å². The monoisotopic (exact) mass is 390 g/mol. The summed E-state index contributed by atoms with van der Waals surface area (Å²) in [4.78, 5) is 22.9. The highest BCUT2D eigenvalue weighted by Gasteiger charge is 2.44. The number of aliphatic carboxylic acids is 1. The van der Waals surface area contributed by atoms with Crippen molar-refractivity contribution in [2.24, 2.45) is 11.8 Å². The molecule has 0 aromatic heterocycles. The second kappa shape index (κ2) is 9.90. The second-order valence-corrected chi connectivity index (χ2v) is 7.54. The van der Waals surface area contributed by atoms with Crippen LogP contribution in [-0.2, 0) is 19.1 Å². The molecule has 0 unspecified atom stereocenters. The van der Waals surface area contributed by atoms with Gasteiger partial charge in [-0.1, -0.05) is 6.42 Å². The number of carboxylic acids is 1. The molecule has 0 spiro atoms. The standard InChI is InChI=1S/C18H30O9/c1-9(26-18-17(25)16(24)15(23)13(8-19)27-18)3-2-4-11-10(7-14(21)22)5-6-12(11)20/h9-11,13,15-19,23-25H,2-8H2,1H3,(H,21,22)/t9-,10-,11-,13-,15-,16+,17-,18-/m1/s1. The van der Waals surface area contributed by atoms with Crippen LogP contribution in [0, 0.1) is 11.8 Å². The largest absolute Gasteiger partial charge is 0.481 e. The smallest absolute Gasteiger partial charge is 0.303 e. The zero-order chi connectivity index (χ0) is 20.1. The van der Waals surface area contributed by atoms with Crippen molar-refractivity contribution < 1.29 is 44.6 Å². The summed E-state index contributed by atoms with van der Waals surface area (Å²) in [6.07, 6.45) is -4.08. The highest BCUT2D eigenvalue weighted by Crippen LogP contribution is 2.35. The Morgan fingerprint density at radius 3 is 2.59 bits per heavy atom. The Bertz CT molecular complexity index is 509. The van der Waals surface area contributed by atoms with Gasteiger partial charge in [0.25, 0.3) is 0 Å². The van der Waals surface area contributed by atoms with Crippen LogP contribution in [0.25, 0.3) is 0 Å². The second-order valence-electron chi connectivity index (χ2n) is 7.54. The highest BCUT2D eigenvalue weighted by molar-refractivity contribution is 5.84. The lowest BCUT2D eigenvalue weighted by Gasteiger charge is -2.40. The van der Waals surface area contributed by atoms with E-state index >= 15 is 0 Å². The van der Waals surface area contributed by atoms with E-state index in [2.05, 4.69) is 0 Å². The van der Waals surface area contributed by atoms with Crippen LogP contribution < -0.4 is 0 Å². The van der Waals surface area contributed by atoms with Crippen LogP contribution in [0.1, 0.15) is 45.4 Å². The van der Waals surface area contributed by atoms with E-state index in [1.807, 2.05) is 0 Å². The van der Waals surface area contributed by atoms with Gasteiger partial charge in [0.15, 0.2) is 6.29 Å². The summed E-state index contributed by atoms with van der Waals surface area (Å²) < 4.78 is 10.9. The maximum Gasteiger partial charge on any atom is 0.303 e. The lowest BCUT2D eigenvalue weighted by atomic mass is 9.88. The average molecular weight is 390 g/mol. The summed E-state index contributed by atoms with van der Waals surface area (Å²) in [6, 6.07) is 0. The first-order chi connectivity index (χ1) is 12.7. The van der Waals surface area contributed by atoms with Crippen molar-refractivity contribution in [3.8, 4) is 0 Å². The van der Waals surface area contributed by atoms with E-state index in [1.54, 1.807) is 6.92 Å². The number of aliphatic hydroxyl groups excluding tert-OH is 4. The molecule has 0 radical (unpaired) electrons. The lowest BCUT2D eigenvalue weighted by Crippen LogP contribution is -2.59. The number of rotatable bonds is 9. The molecular formula is C18H30O9. The SMILES string of the molecule is C[C@H](CCC[C@H]1C(=O)CC[C@@H]1CC(=O)O)O[C@@H]1O[C@H](CO)[C@@H](O)[C@H](O)[C@H]1O. The fourth-order valence-electron chi connectivity index (χ4n) is 3.94. The molecule has 1 aliphatic carbocycles. The molecule has 2 fully saturated rings. The summed E-state index contributed by atoms with van der Waals surface area (Å²) in [5.74, 6) is -1.12. The summed E-state index contributed by atoms with van der Waals surface area (Å²) >= 11 is 0. The van der Waals surface area contributed by atoms with Crippen molar-refractivity contribution in [1.29, 1.82) is 0 Å². The van der Waals surface area contributed by atoms with Gasteiger partial charge in [0, 0.05) is 18.8 Å². The van der Waals surface area contributed by atoms with E-state index in [0.717, 1.165) is 0 Å². The molecule has 9 nitrogen and oxygen atoms in total. The molecule has 8 atom stereocenters. The first kappa shape index (κ1) is 22.2. The van der Waals surface area contributed by atoms with E-state index in [0.29, 0.717) is 32.1 Å². The van der Waals surface area contributed by atoms with E-state index in [-0.39, 0.29) is 30.1 Å². The zero-order valence-corrected chi connectivity index (χ0v) is 15.4. The third-order valence-corrected chi connectivity index (χ3v) is 5.52. The van der Waals surface area contributed by atoms with Crippen LogP contribution in [0.15, 0.2) is 0 Å². The van der Waals surface area contributed by atoms with Crippen molar-refractivity contribution in [2.45, 2.75) is 82.3 Å². The van der Waals surface area contributed by atoms with Crippen molar-refractivity contribution >= 4 is 11.8 Å². The molecule has 0 aromatic rings. The van der Waals surface area contributed by atoms with Gasteiger partial charge in [0.05, 0.1) is 12.7 Å². The van der Waals surface area contributed by atoms with E-state index in [1.165, 1.54) is 0 Å². The Morgan fingerprint density at radius 2 is 1.96 bits per heavy atom. The normalized spacial score (nSPS) is 38.1. The van der Waals surface area contributed by atoms with Gasteiger partial charge in [-0.3, -0.25) is 9.59 Å². The number of ketones is 1. The van der Waals surface area contributed by atoms with Crippen LogP contribution >= 0.6 is 0 Å². The molecule has 0 amide bonds. The molecule has 1 aliphatic heterocycles. The number of aliphatic hydroxyl groups is 4. The lowest BCUT2D eigenvalue weighted by molar-refractivity contribution is -0.310. The molecule has 9 heteroatoms. The fraction of sp³-hybridized carbons (Fsp3) is 0.889. The van der Waals surface area contributed by atoms with E-state index in [9.17, 15) is 30.0 Å². The Morgan fingerprint density at radius 1 is 1.26 bits per heavy atom. The Balaban J connectivity index is 1.79. The molecule has 2 aliphatic rings. The quantitative estimate of drug-likeness (QED) is 0.348. The van der Waals surface area contributed by atoms with Gasteiger partial charge < -0.3 is 35.0 Å². The number of Topliss-reactive ketones (excluding diaryl/α,β-unsaturated/α-hetero) is 1. The summed E-state index contributed by atoms with van der Waals surface area (Å²) in [6.45, 7) is 1.24. The first-order valence-electron chi connectivity index (χ1n) is 9.45. The van der Waals surface area contributed by atoms with Gasteiger partial charge in [-0.2, -0.15) is 0 Å². The average Bonchev–Trinajstić information content (AvgIpc) is 2.95. The number of hydrogen-bond acceptors (Lipinski definition) is 8. The van der Waals surface area contributed by atoms with Crippen molar-refractivity contribution in [3.63, 3.8) is 0 Å². The number of ether oxygens (including phenoxy) is 2. The number of hydrogen-bond donors (Lipinski definition) is 5. The molecule has 1 saturated heterocycles. The van der Waals surface area contributed by atoms with Crippen molar-refractivity contribution in [1.82, 2.24) is 0 Å². The van der Waals surface area contributed by atoms with Crippen LogP contribution in [0.2, 0.25) is 0 Å². The number of carbonyl (C=O) groups excluding carboxylic acids is 1. The minimum Gasteiger partial charge on any atom is -0.481 e. The predicted molar refractivity (Wildman–Crippen MR) is 91.6 cm³/mol. The topological polar surface area (TPSA) is 154 Å². The van der Waals surface area contributed by atoms with Gasteiger partial charge >= 0.3 is 5.97 Å². The van der Waals surface area contributed by atoms with Crippen LogP contribution in [0.4, 0.5) is 0 Å². The van der Waals surface area contributed by atoms with E-state index < -0.39 is 43.3 Å². The van der Waals surface area contributed by atoms with Crippen molar-refractivity contribution in [2.75, 3.05) is 6.61 Å². The summed E-state index contributed by atoms with van der Waals surface area (Å²) in [7, 11) is 0. The summed E-state index contributed by atoms with van der Waals surface area (Å²) in [5.41, 5.74) is 0. The predicted octanol–water partition coefficient (Wildman–Crippen LogP) is -0.568. The molecule has 1 saturated carbocycles. The van der Waals surface area contributed by atoms with Crippen LogP contribution in [0.5, 0.6) is 0 Å². The van der Waals surface area contributed by atoms with Gasteiger partial charge in [-0.15, -0.1) is 0 Å². The molecule has 27 heavy (non-hydrogen) atoms. The Labute approximate surface area is 157 Å². The Hall–Kier alpha value is -1.10.